The fraction of sp³-hybridized carbons (Fsp3) is 0.105. The standard InChI is InChI=1S/C19H16N6O/c1-12-8-15(11-20-10-12)17-24-18(26-25-17)14-4-3-5-16(9-14)23-19-21-7-6-13(2)22-19/h3-11H,1-2H3,(H,21,22,23). The van der Waals surface area contributed by atoms with Crippen LogP contribution in [0.15, 0.2) is 59.5 Å². The van der Waals surface area contributed by atoms with E-state index in [4.69, 9.17) is 4.52 Å². The zero-order valence-corrected chi connectivity index (χ0v) is 14.3. The van der Waals surface area contributed by atoms with Gasteiger partial charge in [-0.3, -0.25) is 4.98 Å². The van der Waals surface area contributed by atoms with Crippen molar-refractivity contribution in [3.05, 3.63) is 66.2 Å². The van der Waals surface area contributed by atoms with Crippen molar-refractivity contribution in [2.24, 2.45) is 0 Å². The molecule has 0 saturated carbocycles. The summed E-state index contributed by atoms with van der Waals surface area (Å²) in [4.78, 5) is 17.2. The first-order chi connectivity index (χ1) is 12.7. The van der Waals surface area contributed by atoms with Gasteiger partial charge in [-0.2, -0.15) is 4.98 Å². The van der Waals surface area contributed by atoms with Gasteiger partial charge in [0.05, 0.1) is 0 Å². The van der Waals surface area contributed by atoms with Crippen LogP contribution in [0.1, 0.15) is 11.3 Å². The van der Waals surface area contributed by atoms with E-state index in [1.807, 2.05) is 50.2 Å². The molecule has 0 radical (unpaired) electrons. The second-order valence-corrected chi connectivity index (χ2v) is 5.90. The second-order valence-electron chi connectivity index (χ2n) is 5.90. The van der Waals surface area contributed by atoms with Gasteiger partial charge in [0.2, 0.25) is 11.8 Å². The number of nitrogens with zero attached hydrogens (tertiary/aromatic N) is 5. The van der Waals surface area contributed by atoms with Crippen LogP contribution in [0.2, 0.25) is 0 Å². The molecule has 0 unspecified atom stereocenters. The van der Waals surface area contributed by atoms with Gasteiger partial charge in [-0.05, 0) is 49.7 Å². The molecule has 0 saturated heterocycles. The van der Waals surface area contributed by atoms with E-state index in [1.54, 1.807) is 18.6 Å². The zero-order chi connectivity index (χ0) is 17.9. The Hall–Kier alpha value is -3.61. The molecule has 128 valence electrons. The van der Waals surface area contributed by atoms with Gasteiger partial charge < -0.3 is 9.84 Å². The lowest BCUT2D eigenvalue weighted by Gasteiger charge is -2.05. The first kappa shape index (κ1) is 15.9. The monoisotopic (exact) mass is 344 g/mol. The van der Waals surface area contributed by atoms with Crippen LogP contribution in [-0.4, -0.2) is 25.1 Å². The lowest BCUT2D eigenvalue weighted by Crippen LogP contribution is -1.97. The average molecular weight is 344 g/mol. The van der Waals surface area contributed by atoms with Crippen molar-refractivity contribution in [3.63, 3.8) is 0 Å². The van der Waals surface area contributed by atoms with Crippen molar-refractivity contribution in [2.45, 2.75) is 13.8 Å². The number of anilines is 2. The van der Waals surface area contributed by atoms with Crippen molar-refractivity contribution in [1.29, 1.82) is 0 Å². The van der Waals surface area contributed by atoms with Gasteiger partial charge in [-0.1, -0.05) is 11.2 Å². The van der Waals surface area contributed by atoms with Crippen molar-refractivity contribution in [1.82, 2.24) is 25.1 Å². The number of nitrogens with one attached hydrogen (secondary N) is 1. The quantitative estimate of drug-likeness (QED) is 0.599. The number of hydrogen-bond donors (Lipinski definition) is 1. The molecular formula is C19H16N6O. The van der Waals surface area contributed by atoms with E-state index in [0.717, 1.165) is 28.1 Å². The van der Waals surface area contributed by atoms with E-state index >= 15 is 0 Å². The Labute approximate surface area is 150 Å². The van der Waals surface area contributed by atoms with Gasteiger partial charge >= 0.3 is 0 Å². The normalized spacial score (nSPS) is 10.7. The highest BCUT2D eigenvalue weighted by Crippen LogP contribution is 2.25. The summed E-state index contributed by atoms with van der Waals surface area (Å²) in [6.07, 6.45) is 5.22. The van der Waals surface area contributed by atoms with Crippen LogP contribution in [0.4, 0.5) is 11.6 Å². The summed E-state index contributed by atoms with van der Waals surface area (Å²) in [5.74, 6) is 1.49. The van der Waals surface area contributed by atoms with E-state index in [0.29, 0.717) is 17.7 Å². The van der Waals surface area contributed by atoms with Gasteiger partial charge in [0.25, 0.3) is 5.89 Å². The lowest BCUT2D eigenvalue weighted by molar-refractivity contribution is 0.432. The third-order valence-electron chi connectivity index (χ3n) is 3.72. The Kier molecular flexibility index (Phi) is 4.10. The van der Waals surface area contributed by atoms with Crippen LogP contribution in [0, 0.1) is 13.8 Å². The second kappa shape index (κ2) is 6.72. The molecule has 7 nitrogen and oxygen atoms in total. The Balaban J connectivity index is 1.61. The maximum Gasteiger partial charge on any atom is 0.258 e. The Morgan fingerprint density at radius 1 is 0.962 bits per heavy atom. The van der Waals surface area contributed by atoms with Crippen LogP contribution >= 0.6 is 0 Å². The van der Waals surface area contributed by atoms with Crippen LogP contribution < -0.4 is 5.32 Å². The van der Waals surface area contributed by atoms with Crippen LogP contribution in [0.5, 0.6) is 0 Å². The highest BCUT2D eigenvalue weighted by atomic mass is 16.5. The Morgan fingerprint density at radius 3 is 2.73 bits per heavy atom. The number of rotatable bonds is 4. The molecule has 7 heteroatoms. The topological polar surface area (TPSA) is 89.6 Å². The summed E-state index contributed by atoms with van der Waals surface area (Å²) in [7, 11) is 0. The fourth-order valence-corrected chi connectivity index (χ4v) is 2.50. The molecule has 0 bridgehead atoms. The Morgan fingerprint density at radius 2 is 1.88 bits per heavy atom. The van der Waals surface area contributed by atoms with Crippen LogP contribution in [0.3, 0.4) is 0 Å². The molecule has 0 aliphatic carbocycles. The van der Waals surface area contributed by atoms with E-state index < -0.39 is 0 Å². The minimum absolute atomic E-state index is 0.440. The van der Waals surface area contributed by atoms with Crippen molar-refractivity contribution >= 4 is 11.6 Å². The molecule has 26 heavy (non-hydrogen) atoms. The maximum atomic E-state index is 5.42. The molecule has 0 aliphatic rings. The van der Waals surface area contributed by atoms with Gasteiger partial charge in [-0.15, -0.1) is 0 Å². The number of hydrogen-bond acceptors (Lipinski definition) is 7. The van der Waals surface area contributed by atoms with E-state index in [1.165, 1.54) is 0 Å². The van der Waals surface area contributed by atoms with Crippen molar-refractivity contribution < 1.29 is 4.52 Å². The molecule has 1 aromatic carbocycles. The SMILES string of the molecule is Cc1cncc(-c2noc(-c3cccc(Nc4nccc(C)n4)c3)n2)c1. The van der Waals surface area contributed by atoms with Crippen LogP contribution in [0.25, 0.3) is 22.8 Å². The minimum Gasteiger partial charge on any atom is -0.334 e. The van der Waals surface area contributed by atoms with Gasteiger partial charge in [-0.25, -0.2) is 9.97 Å². The third-order valence-corrected chi connectivity index (χ3v) is 3.72. The zero-order valence-electron chi connectivity index (χ0n) is 14.3. The average Bonchev–Trinajstić information content (AvgIpc) is 3.12. The summed E-state index contributed by atoms with van der Waals surface area (Å²) in [5.41, 5.74) is 4.40. The summed E-state index contributed by atoms with van der Waals surface area (Å²) in [6.45, 7) is 3.89. The molecule has 1 N–H and O–H groups in total. The highest BCUT2D eigenvalue weighted by Gasteiger charge is 2.12. The molecule has 0 atom stereocenters. The molecule has 0 spiro atoms. The van der Waals surface area contributed by atoms with Crippen LogP contribution in [-0.2, 0) is 0 Å². The first-order valence-corrected chi connectivity index (χ1v) is 8.10. The summed E-state index contributed by atoms with van der Waals surface area (Å²) < 4.78 is 5.42. The minimum atomic E-state index is 0.440. The molecule has 4 rings (SSSR count). The van der Waals surface area contributed by atoms with Gasteiger partial charge in [0, 0.05) is 41.1 Å². The molecule has 0 fully saturated rings. The predicted molar refractivity (Wildman–Crippen MR) is 97.8 cm³/mol. The van der Waals surface area contributed by atoms with Gasteiger partial charge in [0.15, 0.2) is 0 Å². The number of aromatic nitrogens is 5. The largest absolute Gasteiger partial charge is 0.334 e. The lowest BCUT2D eigenvalue weighted by atomic mass is 10.2. The molecule has 3 heterocycles. The highest BCUT2D eigenvalue weighted by molar-refractivity contribution is 5.65. The first-order valence-electron chi connectivity index (χ1n) is 8.10. The number of pyridine rings is 1. The van der Waals surface area contributed by atoms with Crippen molar-refractivity contribution in [3.8, 4) is 22.8 Å². The summed E-state index contributed by atoms with van der Waals surface area (Å²) in [5, 5.41) is 7.24. The summed E-state index contributed by atoms with van der Waals surface area (Å²) >= 11 is 0. The summed E-state index contributed by atoms with van der Waals surface area (Å²) in [6, 6.07) is 11.5. The molecular weight excluding hydrogens is 328 g/mol. The molecule has 0 aliphatic heterocycles. The van der Waals surface area contributed by atoms with E-state index in [9.17, 15) is 0 Å². The van der Waals surface area contributed by atoms with Crippen molar-refractivity contribution in [2.75, 3.05) is 5.32 Å². The van der Waals surface area contributed by atoms with E-state index in [-0.39, 0.29) is 0 Å². The molecule has 0 amide bonds. The van der Waals surface area contributed by atoms with Gasteiger partial charge in [0.1, 0.15) is 0 Å². The number of aryl methyl sites for hydroxylation is 2. The Bertz CT molecular complexity index is 1060. The third kappa shape index (κ3) is 3.41. The predicted octanol–water partition coefficient (Wildman–Crippen LogP) is 3.95. The molecule has 4 aromatic rings. The number of benzene rings is 1. The fourth-order valence-electron chi connectivity index (χ4n) is 2.50. The maximum absolute atomic E-state index is 5.42. The molecule has 3 aromatic heterocycles. The van der Waals surface area contributed by atoms with E-state index in [2.05, 4.69) is 30.4 Å². The smallest absolute Gasteiger partial charge is 0.258 e.